The largest absolute Gasteiger partial charge is 0.506 e. The number of piperidine rings is 1. The molecule has 17 nitrogen and oxygen atoms in total. The predicted molar refractivity (Wildman–Crippen MR) is 258 cm³/mol. The lowest BCUT2D eigenvalue weighted by Gasteiger charge is -2.31. The van der Waals surface area contributed by atoms with Crippen LogP contribution in [0.1, 0.15) is 69.5 Å². The number of unbranched alkanes of at least 4 members (excludes halogenated alkanes) is 6. The standard InChI is InChI=1S/C36H48ClFN4O7S.C10H8O6S2/c1-50(47,48)41-32-22-26(10-14-34(32)44)35(45)24-39-17-7-5-3-2-4-6-8-18-42-19-15-28(16-20-42)49-36(46)40-31-12-11-27(38)23-29(31)25-9-13-33(43)30(37)21-25;11-17(12,13)9-5-1-3-7-8(9)4-2-6-10(7)18(14,15)16/h9-14,21-23,28,35,39,41,43-45H,2-8,15-20,24H2,1H3,(H,40,46);1-6H,(H,11,12,13)(H,14,15,16)/t35-;/m0./s1. The second kappa shape index (κ2) is 24.4. The minimum Gasteiger partial charge on any atom is -0.506 e. The Morgan fingerprint density at radius 2 is 1.35 bits per heavy atom. The van der Waals surface area contributed by atoms with E-state index in [0.717, 1.165) is 83.1 Å². The van der Waals surface area contributed by atoms with Crippen LogP contribution < -0.4 is 15.4 Å². The first-order valence-corrected chi connectivity index (χ1v) is 26.9. The van der Waals surface area contributed by atoms with E-state index in [1.165, 1.54) is 86.0 Å². The van der Waals surface area contributed by atoms with Crippen molar-refractivity contribution in [2.24, 2.45) is 0 Å². The van der Waals surface area contributed by atoms with Crippen LogP contribution in [-0.4, -0.2) is 106 Å². The quantitative estimate of drug-likeness (QED) is 0.0207. The van der Waals surface area contributed by atoms with Gasteiger partial charge in [-0.15, -0.1) is 0 Å². The average molecular weight is 1020 g/mol. The lowest BCUT2D eigenvalue weighted by molar-refractivity contribution is 0.0584. The molecule has 0 aliphatic carbocycles. The van der Waals surface area contributed by atoms with Gasteiger partial charge in [0.25, 0.3) is 20.2 Å². The van der Waals surface area contributed by atoms with Crippen molar-refractivity contribution < 1.29 is 63.6 Å². The summed E-state index contributed by atoms with van der Waals surface area (Å²) >= 11 is 6.04. The molecule has 0 radical (unpaired) electrons. The number of halogens is 2. The van der Waals surface area contributed by atoms with E-state index >= 15 is 0 Å². The van der Waals surface area contributed by atoms with Crippen molar-refractivity contribution in [3.8, 4) is 22.6 Å². The molecule has 1 saturated heterocycles. The van der Waals surface area contributed by atoms with Crippen LogP contribution in [0.25, 0.3) is 21.9 Å². The molecule has 1 atom stereocenters. The van der Waals surface area contributed by atoms with Gasteiger partial charge in [-0.25, -0.2) is 17.6 Å². The molecule has 0 saturated carbocycles. The Hall–Kier alpha value is -5.10. The molecule has 68 heavy (non-hydrogen) atoms. The summed E-state index contributed by atoms with van der Waals surface area (Å²) in [5.74, 6) is -0.751. The number of phenols is 2. The van der Waals surface area contributed by atoms with E-state index in [4.69, 9.17) is 25.4 Å². The normalized spacial score (nSPS) is 14.2. The molecule has 0 unspecified atom stereocenters. The highest BCUT2D eigenvalue weighted by Crippen LogP contribution is 2.35. The number of aliphatic hydroxyl groups excluding tert-OH is 1. The van der Waals surface area contributed by atoms with E-state index < -0.39 is 58.1 Å². The van der Waals surface area contributed by atoms with Crippen LogP contribution in [0.5, 0.6) is 11.5 Å². The fourth-order valence-corrected chi connectivity index (χ4v) is 9.81. The minimum absolute atomic E-state index is 0.0233. The maximum absolute atomic E-state index is 14.0. The van der Waals surface area contributed by atoms with Crippen LogP contribution in [0.4, 0.5) is 20.6 Å². The zero-order valence-electron chi connectivity index (χ0n) is 37.1. The van der Waals surface area contributed by atoms with Crippen molar-refractivity contribution in [2.75, 3.05) is 49.0 Å². The van der Waals surface area contributed by atoms with Crippen LogP contribution in [0, 0.1) is 5.82 Å². The fourth-order valence-electron chi connectivity index (χ4n) is 7.65. The summed E-state index contributed by atoms with van der Waals surface area (Å²) in [6.45, 7) is 3.84. The smallest absolute Gasteiger partial charge is 0.411 e. The lowest BCUT2D eigenvalue weighted by atomic mass is 10.0. The molecule has 1 heterocycles. The number of sulfonamides is 1. The van der Waals surface area contributed by atoms with Crippen molar-refractivity contribution in [3.05, 3.63) is 107 Å². The summed E-state index contributed by atoms with van der Waals surface area (Å²) in [7, 11) is -12.5. The van der Waals surface area contributed by atoms with E-state index in [2.05, 4.69) is 20.3 Å². The van der Waals surface area contributed by atoms with Crippen molar-refractivity contribution in [2.45, 2.75) is 79.8 Å². The molecular formula is C46H56ClFN4O13S3. The van der Waals surface area contributed by atoms with Gasteiger partial charge < -0.3 is 30.3 Å². The number of anilines is 2. The van der Waals surface area contributed by atoms with Crippen LogP contribution >= 0.6 is 11.6 Å². The fraction of sp³-hybridized carbons (Fsp3) is 0.370. The number of hydrogen-bond acceptors (Lipinski definition) is 13. The molecule has 1 amide bonds. The SMILES string of the molecule is CS(=O)(=O)Nc1cc([C@@H](O)CNCCCCCCCCCN2CCC(OC(=O)Nc3ccc(F)cc3-c3ccc(O)c(Cl)c3)CC2)ccc1O.O=S(=O)(O)c1cccc2c(S(=O)(=O)O)cccc12. The molecule has 1 aliphatic heterocycles. The maximum atomic E-state index is 14.0. The zero-order chi connectivity index (χ0) is 49.6. The molecule has 370 valence electrons. The van der Waals surface area contributed by atoms with Gasteiger partial charge in [-0.3, -0.25) is 19.1 Å². The molecule has 8 N–H and O–H groups in total. The molecule has 1 fully saturated rings. The van der Waals surface area contributed by atoms with Crippen LogP contribution in [0.3, 0.4) is 0 Å². The number of hydrogen-bond donors (Lipinski definition) is 8. The maximum Gasteiger partial charge on any atom is 0.411 e. The van der Waals surface area contributed by atoms with Crippen LogP contribution in [-0.2, 0) is 35.0 Å². The summed E-state index contributed by atoms with van der Waals surface area (Å²) < 4.78 is 108. The molecule has 6 rings (SSSR count). The van der Waals surface area contributed by atoms with E-state index in [0.29, 0.717) is 28.9 Å². The van der Waals surface area contributed by atoms with Gasteiger partial charge in [0, 0.05) is 36.0 Å². The van der Waals surface area contributed by atoms with Crippen molar-refractivity contribution in [1.82, 2.24) is 10.2 Å². The molecule has 0 spiro atoms. The first kappa shape index (κ1) is 53.8. The molecule has 0 aromatic heterocycles. The average Bonchev–Trinajstić information content (AvgIpc) is 3.27. The van der Waals surface area contributed by atoms with Gasteiger partial charge in [-0.2, -0.15) is 16.8 Å². The van der Waals surface area contributed by atoms with E-state index in [-0.39, 0.29) is 39.1 Å². The third-order valence-electron chi connectivity index (χ3n) is 11.0. The Balaban J connectivity index is 0.000000399. The number of aromatic hydroxyl groups is 2. The molecule has 22 heteroatoms. The number of amides is 1. The minimum atomic E-state index is -4.47. The number of phenolic OH excluding ortho intramolecular Hbond substituents is 2. The summed E-state index contributed by atoms with van der Waals surface area (Å²) in [5.41, 5.74) is 1.92. The number of nitrogens with one attached hydrogen (secondary N) is 3. The number of fused-ring (bicyclic) bond motifs is 1. The summed E-state index contributed by atoms with van der Waals surface area (Å²) in [5, 5.41) is 36.2. The second-order valence-electron chi connectivity index (χ2n) is 16.3. The number of carbonyl (C=O) groups is 1. The van der Waals surface area contributed by atoms with Gasteiger partial charge in [0.2, 0.25) is 10.0 Å². The van der Waals surface area contributed by atoms with Gasteiger partial charge in [-0.1, -0.05) is 80.1 Å². The number of aliphatic hydroxyl groups is 1. The second-order valence-corrected chi connectivity index (χ2v) is 21.3. The Labute approximate surface area is 400 Å². The van der Waals surface area contributed by atoms with E-state index in [1.807, 2.05) is 0 Å². The summed E-state index contributed by atoms with van der Waals surface area (Å²) in [6.07, 6.45) is 8.77. The third-order valence-corrected chi connectivity index (χ3v) is 13.8. The van der Waals surface area contributed by atoms with Crippen molar-refractivity contribution in [3.63, 3.8) is 0 Å². The van der Waals surface area contributed by atoms with Crippen molar-refractivity contribution >= 4 is 70.1 Å². The Bertz CT molecular complexity index is 2800. The number of ether oxygens (including phenoxy) is 1. The predicted octanol–water partition coefficient (Wildman–Crippen LogP) is 8.33. The number of benzene rings is 5. The van der Waals surface area contributed by atoms with Gasteiger partial charge in [0.05, 0.1) is 28.8 Å². The molecule has 1 aliphatic rings. The zero-order valence-corrected chi connectivity index (χ0v) is 40.3. The van der Waals surface area contributed by atoms with Gasteiger partial charge in [0.1, 0.15) is 33.2 Å². The first-order valence-electron chi connectivity index (χ1n) is 21.7. The first-order chi connectivity index (χ1) is 32.1. The van der Waals surface area contributed by atoms with E-state index in [1.54, 1.807) is 12.1 Å². The highest BCUT2D eigenvalue weighted by atomic mass is 35.5. The van der Waals surface area contributed by atoms with Gasteiger partial charge in [-0.05, 0) is 104 Å². The van der Waals surface area contributed by atoms with Gasteiger partial charge in [0.15, 0.2) is 0 Å². The number of likely N-dealkylation sites (tertiary alicyclic amines) is 1. The number of nitrogens with zero attached hydrogens (tertiary/aromatic N) is 1. The molecule has 5 aromatic carbocycles. The Kier molecular flexibility index (Phi) is 19.4. The van der Waals surface area contributed by atoms with E-state index in [9.17, 15) is 49.8 Å². The number of rotatable bonds is 20. The number of carbonyl (C=O) groups excluding carboxylic acids is 1. The molecule has 0 bridgehead atoms. The monoisotopic (exact) mass is 1020 g/mol. The lowest BCUT2D eigenvalue weighted by Crippen LogP contribution is -2.38. The Morgan fingerprint density at radius 3 is 1.94 bits per heavy atom. The summed E-state index contributed by atoms with van der Waals surface area (Å²) in [4.78, 5) is 14.3. The highest BCUT2D eigenvalue weighted by Gasteiger charge is 2.23. The third kappa shape index (κ3) is 16.6. The Morgan fingerprint density at radius 1 is 0.765 bits per heavy atom. The molecule has 5 aromatic rings. The van der Waals surface area contributed by atoms with Crippen LogP contribution in [0.2, 0.25) is 5.02 Å². The van der Waals surface area contributed by atoms with Crippen LogP contribution in [0.15, 0.2) is 101 Å². The summed E-state index contributed by atoms with van der Waals surface area (Å²) in [6, 6.07) is 20.5. The highest BCUT2D eigenvalue weighted by molar-refractivity contribution is 7.92. The van der Waals surface area contributed by atoms with Gasteiger partial charge >= 0.3 is 6.09 Å². The molecular weight excluding hydrogens is 967 g/mol. The topological polar surface area (TPSA) is 269 Å². The van der Waals surface area contributed by atoms with Crippen molar-refractivity contribution in [1.29, 1.82) is 0 Å².